The first-order valence-electron chi connectivity index (χ1n) is 5.93. The minimum absolute atomic E-state index is 0.0447. The summed E-state index contributed by atoms with van der Waals surface area (Å²) in [6, 6.07) is 7.62. The van der Waals surface area contributed by atoms with Gasteiger partial charge in [-0.3, -0.25) is 9.59 Å². The number of primary amides is 1. The molecule has 4 nitrogen and oxygen atoms in total. The van der Waals surface area contributed by atoms with Crippen LogP contribution in [0.25, 0.3) is 0 Å². The van der Waals surface area contributed by atoms with Crippen LogP contribution >= 0.6 is 15.9 Å². The smallest absolute Gasteiger partial charge is 0.312 e. The van der Waals surface area contributed by atoms with E-state index in [2.05, 4.69) is 15.9 Å². The largest absolute Gasteiger partial charge is 0.469 e. The summed E-state index contributed by atoms with van der Waals surface area (Å²) in [7, 11) is 1.32. The fourth-order valence-corrected chi connectivity index (χ4v) is 2.38. The average molecular weight is 328 g/mol. The van der Waals surface area contributed by atoms with Gasteiger partial charge in [-0.25, -0.2) is 0 Å². The molecule has 0 aromatic heterocycles. The summed E-state index contributed by atoms with van der Waals surface area (Å²) in [4.78, 5) is 23.2. The van der Waals surface area contributed by atoms with Gasteiger partial charge >= 0.3 is 5.97 Å². The molecule has 1 rings (SSSR count). The molecule has 0 spiro atoms. The summed E-state index contributed by atoms with van der Waals surface area (Å²) >= 11 is 3.36. The number of rotatable bonds is 5. The van der Waals surface area contributed by atoms with E-state index in [1.807, 2.05) is 31.2 Å². The molecule has 2 N–H and O–H groups in total. The monoisotopic (exact) mass is 327 g/mol. The van der Waals surface area contributed by atoms with Gasteiger partial charge in [-0.1, -0.05) is 35.0 Å². The molecule has 0 radical (unpaired) electrons. The zero-order valence-corrected chi connectivity index (χ0v) is 12.9. The maximum absolute atomic E-state index is 12.0. The summed E-state index contributed by atoms with van der Waals surface area (Å²) < 4.78 is 5.78. The van der Waals surface area contributed by atoms with E-state index in [9.17, 15) is 9.59 Å². The minimum atomic E-state index is -0.964. The van der Waals surface area contributed by atoms with Crippen LogP contribution in [-0.2, 0) is 14.3 Å². The quantitative estimate of drug-likeness (QED) is 0.845. The number of halogens is 1. The Bertz CT molecular complexity index is 472. The molecule has 0 aliphatic heterocycles. The van der Waals surface area contributed by atoms with E-state index in [0.717, 1.165) is 10.0 Å². The molecular formula is C14H18BrNO3. The van der Waals surface area contributed by atoms with Crippen molar-refractivity contribution in [3.8, 4) is 0 Å². The summed E-state index contributed by atoms with van der Waals surface area (Å²) in [6.07, 6.45) is -0.0447. The SMILES string of the molecule is COC(=O)[C@@](C)(CC(N)=O)[C@H](C)c1ccc(Br)cc1. The van der Waals surface area contributed by atoms with Crippen molar-refractivity contribution in [2.75, 3.05) is 7.11 Å². The van der Waals surface area contributed by atoms with E-state index in [1.54, 1.807) is 6.92 Å². The highest BCUT2D eigenvalue weighted by Crippen LogP contribution is 2.39. The molecule has 0 bridgehead atoms. The molecule has 5 heteroatoms. The van der Waals surface area contributed by atoms with Crippen LogP contribution in [0.3, 0.4) is 0 Å². The molecule has 1 aromatic carbocycles. The fraction of sp³-hybridized carbons (Fsp3) is 0.429. The van der Waals surface area contributed by atoms with Crippen LogP contribution in [0.1, 0.15) is 31.7 Å². The molecule has 0 aliphatic carbocycles. The second-order valence-electron chi connectivity index (χ2n) is 4.83. The van der Waals surface area contributed by atoms with Crippen molar-refractivity contribution in [1.29, 1.82) is 0 Å². The summed E-state index contributed by atoms with van der Waals surface area (Å²) in [5, 5.41) is 0. The van der Waals surface area contributed by atoms with Gasteiger partial charge in [-0.2, -0.15) is 0 Å². The van der Waals surface area contributed by atoms with E-state index in [-0.39, 0.29) is 12.3 Å². The maximum Gasteiger partial charge on any atom is 0.312 e. The molecule has 0 saturated carbocycles. The Morgan fingerprint density at radius 1 is 1.37 bits per heavy atom. The van der Waals surface area contributed by atoms with Crippen molar-refractivity contribution in [1.82, 2.24) is 0 Å². The van der Waals surface area contributed by atoms with E-state index in [0.29, 0.717) is 0 Å². The number of esters is 1. The van der Waals surface area contributed by atoms with Crippen LogP contribution in [0.5, 0.6) is 0 Å². The Hall–Kier alpha value is -1.36. The van der Waals surface area contributed by atoms with Gasteiger partial charge in [0.15, 0.2) is 0 Å². The van der Waals surface area contributed by atoms with Crippen molar-refractivity contribution in [2.24, 2.45) is 11.1 Å². The summed E-state index contributed by atoms with van der Waals surface area (Å²) in [5.74, 6) is -1.13. The van der Waals surface area contributed by atoms with Gasteiger partial charge in [0.1, 0.15) is 0 Å². The lowest BCUT2D eigenvalue weighted by Gasteiger charge is -2.32. The number of ether oxygens (including phenoxy) is 1. The molecule has 1 aromatic rings. The number of methoxy groups -OCH3 is 1. The normalized spacial score (nSPS) is 15.4. The maximum atomic E-state index is 12.0. The van der Waals surface area contributed by atoms with Gasteiger partial charge in [0.25, 0.3) is 0 Å². The number of carbonyl (C=O) groups excluding carboxylic acids is 2. The highest BCUT2D eigenvalue weighted by Gasteiger charge is 2.42. The second kappa shape index (κ2) is 6.19. The third kappa shape index (κ3) is 3.56. The Balaban J connectivity index is 3.13. The van der Waals surface area contributed by atoms with E-state index in [4.69, 9.17) is 10.5 Å². The molecular weight excluding hydrogens is 310 g/mol. The van der Waals surface area contributed by atoms with E-state index in [1.165, 1.54) is 7.11 Å². The van der Waals surface area contributed by atoms with Crippen LogP contribution in [0, 0.1) is 5.41 Å². The number of benzene rings is 1. The topological polar surface area (TPSA) is 69.4 Å². The third-order valence-corrected chi connectivity index (χ3v) is 4.05. The number of carbonyl (C=O) groups is 2. The van der Waals surface area contributed by atoms with Crippen LogP contribution in [0.4, 0.5) is 0 Å². The predicted molar refractivity (Wildman–Crippen MR) is 76.5 cm³/mol. The Morgan fingerprint density at radius 2 is 1.89 bits per heavy atom. The minimum Gasteiger partial charge on any atom is -0.469 e. The standard InChI is InChI=1S/C14H18BrNO3/c1-9(10-4-6-11(15)7-5-10)14(2,8-12(16)17)13(18)19-3/h4-7,9H,8H2,1-3H3,(H2,16,17)/t9-,14+/m1/s1. The summed E-state index contributed by atoms with van der Waals surface area (Å²) in [6.45, 7) is 3.60. The fourth-order valence-electron chi connectivity index (χ4n) is 2.12. The lowest BCUT2D eigenvalue weighted by Crippen LogP contribution is -2.38. The predicted octanol–water partition coefficient (Wildman–Crippen LogP) is 2.61. The molecule has 0 aliphatic rings. The number of nitrogens with two attached hydrogens (primary N) is 1. The first kappa shape index (κ1) is 15.7. The van der Waals surface area contributed by atoms with Gasteiger partial charge in [0.05, 0.1) is 12.5 Å². The Morgan fingerprint density at radius 3 is 2.32 bits per heavy atom. The molecule has 0 fully saturated rings. The van der Waals surface area contributed by atoms with Crippen molar-refractivity contribution in [3.05, 3.63) is 34.3 Å². The average Bonchev–Trinajstić information content (AvgIpc) is 2.36. The number of amides is 1. The van der Waals surface area contributed by atoms with Gasteiger partial charge in [0, 0.05) is 10.9 Å². The van der Waals surface area contributed by atoms with Crippen molar-refractivity contribution >= 4 is 27.8 Å². The summed E-state index contributed by atoms with van der Waals surface area (Å²) in [5.41, 5.74) is 5.25. The van der Waals surface area contributed by atoms with Crippen LogP contribution < -0.4 is 5.73 Å². The Labute approximate surface area is 121 Å². The number of hydrogen-bond acceptors (Lipinski definition) is 3. The lowest BCUT2D eigenvalue weighted by atomic mass is 9.72. The Kier molecular flexibility index (Phi) is 5.11. The van der Waals surface area contributed by atoms with Crippen molar-refractivity contribution < 1.29 is 14.3 Å². The van der Waals surface area contributed by atoms with Crippen LogP contribution in [-0.4, -0.2) is 19.0 Å². The van der Waals surface area contributed by atoms with Gasteiger partial charge in [-0.05, 0) is 30.5 Å². The molecule has 19 heavy (non-hydrogen) atoms. The lowest BCUT2D eigenvalue weighted by molar-refractivity contribution is -0.155. The van der Waals surface area contributed by atoms with Gasteiger partial charge in [-0.15, -0.1) is 0 Å². The van der Waals surface area contributed by atoms with Crippen molar-refractivity contribution in [3.63, 3.8) is 0 Å². The first-order chi connectivity index (χ1) is 8.81. The molecule has 0 unspecified atom stereocenters. The third-order valence-electron chi connectivity index (χ3n) is 3.52. The van der Waals surface area contributed by atoms with Crippen LogP contribution in [0.15, 0.2) is 28.7 Å². The molecule has 2 atom stereocenters. The van der Waals surface area contributed by atoms with Crippen LogP contribution in [0.2, 0.25) is 0 Å². The first-order valence-corrected chi connectivity index (χ1v) is 6.72. The molecule has 0 heterocycles. The zero-order chi connectivity index (χ0) is 14.6. The zero-order valence-electron chi connectivity index (χ0n) is 11.3. The van der Waals surface area contributed by atoms with E-state index >= 15 is 0 Å². The highest BCUT2D eigenvalue weighted by atomic mass is 79.9. The second-order valence-corrected chi connectivity index (χ2v) is 5.74. The molecule has 1 amide bonds. The molecule has 104 valence electrons. The number of hydrogen-bond donors (Lipinski definition) is 1. The highest BCUT2D eigenvalue weighted by molar-refractivity contribution is 9.10. The molecule has 0 saturated heterocycles. The van der Waals surface area contributed by atoms with Gasteiger partial charge in [0.2, 0.25) is 5.91 Å². The van der Waals surface area contributed by atoms with Gasteiger partial charge < -0.3 is 10.5 Å². The van der Waals surface area contributed by atoms with Crippen molar-refractivity contribution in [2.45, 2.75) is 26.2 Å². The van der Waals surface area contributed by atoms with E-state index < -0.39 is 17.3 Å².